The van der Waals surface area contributed by atoms with Crippen LogP contribution in [0.2, 0.25) is 0 Å². The molecule has 3 rings (SSSR count). The SMILES string of the molecule is C=C1/C(=C\C=C2/CCC[C@]3(C)[C@@H]([C@H](C)COCC(=O)C(C)(C)C)CC[C@@H]23)CCC[C@@H]1O. The predicted molar refractivity (Wildman–Crippen MR) is 128 cm³/mol. The molecule has 0 aromatic rings. The Balaban J connectivity index is 1.65. The fourth-order valence-electron chi connectivity index (χ4n) is 6.32. The number of aliphatic hydroxyl groups excluding tert-OH is 1. The molecule has 3 heteroatoms. The Hall–Kier alpha value is -1.19. The van der Waals surface area contributed by atoms with E-state index in [1.165, 1.54) is 37.7 Å². The molecule has 0 aromatic heterocycles. The van der Waals surface area contributed by atoms with Crippen molar-refractivity contribution in [2.75, 3.05) is 13.2 Å². The van der Waals surface area contributed by atoms with Gasteiger partial charge in [0.05, 0.1) is 12.7 Å². The molecule has 1 N–H and O–H groups in total. The van der Waals surface area contributed by atoms with Crippen LogP contribution in [0.15, 0.2) is 35.5 Å². The predicted octanol–water partition coefficient (Wildman–Crippen LogP) is 6.42. The molecular formula is C28H44O3. The minimum atomic E-state index is -0.364. The van der Waals surface area contributed by atoms with Crippen LogP contribution < -0.4 is 0 Å². The van der Waals surface area contributed by atoms with Gasteiger partial charge in [0.1, 0.15) is 6.61 Å². The third kappa shape index (κ3) is 5.42. The van der Waals surface area contributed by atoms with Crippen LogP contribution in [-0.4, -0.2) is 30.2 Å². The molecule has 0 radical (unpaired) electrons. The first-order valence-electron chi connectivity index (χ1n) is 12.4. The van der Waals surface area contributed by atoms with Gasteiger partial charge in [-0.2, -0.15) is 0 Å². The zero-order valence-electron chi connectivity index (χ0n) is 20.5. The quantitative estimate of drug-likeness (QED) is 0.530. The molecule has 3 aliphatic rings. The molecule has 0 spiro atoms. The van der Waals surface area contributed by atoms with E-state index in [0.717, 1.165) is 24.8 Å². The first kappa shape index (κ1) is 24.5. The first-order valence-corrected chi connectivity index (χ1v) is 12.4. The van der Waals surface area contributed by atoms with Crippen molar-refractivity contribution in [2.24, 2.45) is 28.6 Å². The topological polar surface area (TPSA) is 46.5 Å². The number of carbonyl (C=O) groups is 1. The number of ether oxygens (including phenoxy) is 1. The number of Topliss-reactive ketones (excluding diaryl/α,β-unsaturated/α-hetero) is 1. The fourth-order valence-corrected chi connectivity index (χ4v) is 6.32. The Labute approximate surface area is 190 Å². The van der Waals surface area contributed by atoms with E-state index in [9.17, 15) is 9.90 Å². The summed E-state index contributed by atoms with van der Waals surface area (Å²) in [6.45, 7) is 15.7. The molecule has 174 valence electrons. The number of hydrogen-bond acceptors (Lipinski definition) is 3. The molecule has 0 aliphatic heterocycles. The number of rotatable bonds is 6. The zero-order chi connectivity index (χ0) is 22.8. The summed E-state index contributed by atoms with van der Waals surface area (Å²) >= 11 is 0. The Morgan fingerprint density at radius 2 is 1.97 bits per heavy atom. The Bertz CT molecular complexity index is 738. The average molecular weight is 429 g/mol. The molecule has 3 aliphatic carbocycles. The molecule has 0 bridgehead atoms. The fraction of sp³-hybridized carbons (Fsp3) is 0.750. The maximum atomic E-state index is 12.2. The van der Waals surface area contributed by atoms with E-state index in [1.807, 2.05) is 20.8 Å². The Morgan fingerprint density at radius 3 is 2.68 bits per heavy atom. The summed E-state index contributed by atoms with van der Waals surface area (Å²) in [5, 5.41) is 10.1. The van der Waals surface area contributed by atoms with Gasteiger partial charge < -0.3 is 9.84 Å². The third-order valence-electron chi connectivity index (χ3n) is 8.41. The van der Waals surface area contributed by atoms with Crippen molar-refractivity contribution in [2.45, 2.75) is 92.1 Å². The number of carbonyl (C=O) groups excluding carboxylic acids is 1. The standard InChI is InChI=1S/C28H44O3/c1-19(17-31-18-26(30)27(3,4)5)23-14-15-24-22(10-8-16-28(23,24)6)13-12-21-9-7-11-25(29)20(21)2/h12-13,19,23-25,29H,2,7-11,14-18H2,1,3-6H3/b21-12-,22-13+/t19-,23-,24+,25+,28-/m1/s1. The maximum absolute atomic E-state index is 12.2. The molecule has 0 unspecified atom stereocenters. The van der Waals surface area contributed by atoms with E-state index in [2.05, 4.69) is 32.6 Å². The molecule has 3 saturated carbocycles. The van der Waals surface area contributed by atoms with Gasteiger partial charge in [0.15, 0.2) is 5.78 Å². The lowest BCUT2D eigenvalue weighted by Gasteiger charge is -2.44. The van der Waals surface area contributed by atoms with E-state index in [-0.39, 0.29) is 23.9 Å². The van der Waals surface area contributed by atoms with Gasteiger partial charge in [-0.15, -0.1) is 0 Å². The van der Waals surface area contributed by atoms with Crippen molar-refractivity contribution in [3.8, 4) is 0 Å². The Kier molecular flexibility index (Phi) is 7.69. The summed E-state index contributed by atoms with van der Waals surface area (Å²) in [5.74, 6) is 1.93. The summed E-state index contributed by atoms with van der Waals surface area (Å²) < 4.78 is 5.89. The average Bonchev–Trinajstić information content (AvgIpc) is 3.05. The molecule has 0 aromatic carbocycles. The van der Waals surface area contributed by atoms with Gasteiger partial charge >= 0.3 is 0 Å². The van der Waals surface area contributed by atoms with E-state index >= 15 is 0 Å². The summed E-state index contributed by atoms with van der Waals surface area (Å²) in [7, 11) is 0. The minimum absolute atomic E-state index is 0.181. The number of hydrogen-bond donors (Lipinski definition) is 1. The number of ketones is 1. The lowest BCUT2D eigenvalue weighted by atomic mass is 9.61. The summed E-state index contributed by atoms with van der Waals surface area (Å²) in [5.41, 5.74) is 3.74. The third-order valence-corrected chi connectivity index (χ3v) is 8.41. The smallest absolute Gasteiger partial charge is 0.163 e. The summed E-state index contributed by atoms with van der Waals surface area (Å²) in [4.78, 5) is 12.2. The highest BCUT2D eigenvalue weighted by atomic mass is 16.5. The van der Waals surface area contributed by atoms with Crippen LogP contribution in [0.1, 0.15) is 86.0 Å². The van der Waals surface area contributed by atoms with Crippen molar-refractivity contribution in [1.29, 1.82) is 0 Å². The molecule has 0 saturated heterocycles. The molecule has 3 fully saturated rings. The molecule has 0 amide bonds. The highest BCUT2D eigenvalue weighted by molar-refractivity contribution is 5.84. The number of fused-ring (bicyclic) bond motifs is 1. The van der Waals surface area contributed by atoms with Crippen molar-refractivity contribution in [3.05, 3.63) is 35.5 Å². The monoisotopic (exact) mass is 428 g/mol. The molecular weight excluding hydrogens is 384 g/mol. The second-order valence-electron chi connectivity index (χ2n) is 11.6. The van der Waals surface area contributed by atoms with E-state index in [4.69, 9.17) is 4.74 Å². The molecule has 5 atom stereocenters. The maximum Gasteiger partial charge on any atom is 0.163 e. The lowest BCUT2D eigenvalue weighted by Crippen LogP contribution is -2.37. The van der Waals surface area contributed by atoms with Gasteiger partial charge in [-0.1, -0.05) is 58.9 Å². The van der Waals surface area contributed by atoms with Gasteiger partial charge in [-0.05, 0) is 85.7 Å². The second-order valence-corrected chi connectivity index (χ2v) is 11.6. The molecule has 3 nitrogen and oxygen atoms in total. The highest BCUT2D eigenvalue weighted by Gasteiger charge is 2.50. The second kappa shape index (κ2) is 9.75. The van der Waals surface area contributed by atoms with Crippen LogP contribution in [0.4, 0.5) is 0 Å². The van der Waals surface area contributed by atoms with Crippen molar-refractivity contribution < 1.29 is 14.6 Å². The Morgan fingerprint density at radius 1 is 1.23 bits per heavy atom. The van der Waals surface area contributed by atoms with Crippen LogP contribution in [0.3, 0.4) is 0 Å². The van der Waals surface area contributed by atoms with Crippen LogP contribution in [0.5, 0.6) is 0 Å². The normalized spacial score (nSPS) is 35.4. The first-order chi connectivity index (χ1) is 14.5. The largest absolute Gasteiger partial charge is 0.388 e. The van der Waals surface area contributed by atoms with Crippen LogP contribution in [0.25, 0.3) is 0 Å². The van der Waals surface area contributed by atoms with Gasteiger partial charge in [0.25, 0.3) is 0 Å². The van der Waals surface area contributed by atoms with E-state index in [1.54, 1.807) is 5.57 Å². The van der Waals surface area contributed by atoms with Gasteiger partial charge in [-0.25, -0.2) is 0 Å². The number of allylic oxidation sites excluding steroid dienone is 3. The van der Waals surface area contributed by atoms with Gasteiger partial charge in [-0.3, -0.25) is 4.79 Å². The van der Waals surface area contributed by atoms with Gasteiger partial charge in [0.2, 0.25) is 0 Å². The summed E-state index contributed by atoms with van der Waals surface area (Å²) in [6.07, 6.45) is 13.4. The van der Waals surface area contributed by atoms with Crippen molar-refractivity contribution >= 4 is 5.78 Å². The van der Waals surface area contributed by atoms with Crippen LogP contribution in [0, 0.1) is 28.6 Å². The lowest BCUT2D eigenvalue weighted by molar-refractivity contribution is -0.131. The van der Waals surface area contributed by atoms with Gasteiger partial charge in [0, 0.05) is 5.41 Å². The van der Waals surface area contributed by atoms with Crippen molar-refractivity contribution in [1.82, 2.24) is 0 Å². The molecule has 0 heterocycles. The zero-order valence-corrected chi connectivity index (χ0v) is 20.5. The minimum Gasteiger partial charge on any atom is -0.388 e. The highest BCUT2D eigenvalue weighted by Crippen LogP contribution is 2.59. The van der Waals surface area contributed by atoms with E-state index < -0.39 is 0 Å². The van der Waals surface area contributed by atoms with Crippen molar-refractivity contribution in [3.63, 3.8) is 0 Å². The molecule has 31 heavy (non-hydrogen) atoms. The summed E-state index contributed by atoms with van der Waals surface area (Å²) in [6, 6.07) is 0. The number of aliphatic hydroxyl groups is 1. The van der Waals surface area contributed by atoms with E-state index in [0.29, 0.717) is 29.8 Å². The van der Waals surface area contributed by atoms with Crippen LogP contribution >= 0.6 is 0 Å². The van der Waals surface area contributed by atoms with Crippen LogP contribution in [-0.2, 0) is 9.53 Å².